The summed E-state index contributed by atoms with van der Waals surface area (Å²) in [5.74, 6) is -0.329. The lowest BCUT2D eigenvalue weighted by Crippen LogP contribution is -2.17. The van der Waals surface area contributed by atoms with Gasteiger partial charge >= 0.3 is 5.97 Å². The normalized spacial score (nSPS) is 10.8. The van der Waals surface area contributed by atoms with Crippen molar-refractivity contribution < 1.29 is 28.5 Å². The summed E-state index contributed by atoms with van der Waals surface area (Å²) in [7, 11) is 0. The van der Waals surface area contributed by atoms with Gasteiger partial charge in [0.1, 0.15) is 6.61 Å². The molecule has 0 spiro atoms. The minimum absolute atomic E-state index is 0.0257. The Bertz CT molecular complexity index is 228. The lowest BCUT2D eigenvalue weighted by Gasteiger charge is -2.07. The molecular weight excluding hydrogens is 278 g/mol. The van der Waals surface area contributed by atoms with E-state index in [-0.39, 0.29) is 12.6 Å². The van der Waals surface area contributed by atoms with Crippen LogP contribution in [-0.2, 0) is 28.5 Å². The zero-order chi connectivity index (χ0) is 15.6. The van der Waals surface area contributed by atoms with E-state index in [1.54, 1.807) is 0 Å². The van der Waals surface area contributed by atoms with Crippen molar-refractivity contribution in [3.8, 4) is 0 Å². The van der Waals surface area contributed by atoms with Crippen molar-refractivity contribution in [1.29, 1.82) is 0 Å². The van der Waals surface area contributed by atoms with Crippen LogP contribution in [0.3, 0.4) is 0 Å². The number of carbonyl (C=O) groups is 1. The molecule has 21 heavy (non-hydrogen) atoms. The summed E-state index contributed by atoms with van der Waals surface area (Å²) in [5.41, 5.74) is 5.27. The van der Waals surface area contributed by atoms with Crippen molar-refractivity contribution >= 4 is 5.97 Å². The Labute approximate surface area is 127 Å². The molecule has 0 rings (SSSR count). The first-order valence-corrected chi connectivity index (χ1v) is 7.48. The Hall–Kier alpha value is -0.730. The van der Waals surface area contributed by atoms with Crippen LogP contribution in [0.25, 0.3) is 0 Å². The highest BCUT2D eigenvalue weighted by Crippen LogP contribution is 1.89. The Morgan fingerprint density at radius 1 is 0.810 bits per heavy atom. The van der Waals surface area contributed by atoms with Gasteiger partial charge in [0.25, 0.3) is 0 Å². The van der Waals surface area contributed by atoms with E-state index in [0.717, 1.165) is 12.8 Å². The van der Waals surface area contributed by atoms with Crippen LogP contribution in [0.2, 0.25) is 0 Å². The van der Waals surface area contributed by atoms with E-state index < -0.39 is 0 Å². The van der Waals surface area contributed by atoms with Crippen molar-refractivity contribution in [2.75, 3.05) is 66.0 Å². The van der Waals surface area contributed by atoms with Crippen LogP contribution < -0.4 is 5.73 Å². The molecule has 0 saturated heterocycles. The fourth-order valence-electron chi connectivity index (χ4n) is 1.27. The van der Waals surface area contributed by atoms with Crippen molar-refractivity contribution in [2.24, 2.45) is 5.73 Å². The zero-order valence-corrected chi connectivity index (χ0v) is 13.0. The first-order valence-electron chi connectivity index (χ1n) is 7.48. The lowest BCUT2D eigenvalue weighted by atomic mass is 10.4. The molecule has 0 radical (unpaired) electrons. The first kappa shape index (κ1) is 20.3. The van der Waals surface area contributed by atoms with Crippen LogP contribution in [0.4, 0.5) is 0 Å². The summed E-state index contributed by atoms with van der Waals surface area (Å²) in [4.78, 5) is 11.2. The van der Waals surface area contributed by atoms with Crippen LogP contribution in [-0.4, -0.2) is 72.0 Å². The number of hydrogen-bond acceptors (Lipinski definition) is 7. The standard InChI is InChI=1S/C14H29NO6/c1-2-3-5-21-14(16)13-20-12-11-19-10-9-18-8-7-17-6-4-15/h2-13,15H2,1H3. The summed E-state index contributed by atoms with van der Waals surface area (Å²) in [6, 6.07) is 0. The van der Waals surface area contributed by atoms with Gasteiger partial charge in [0.15, 0.2) is 0 Å². The molecule has 0 aliphatic rings. The summed E-state index contributed by atoms with van der Waals surface area (Å²) in [5, 5.41) is 0. The van der Waals surface area contributed by atoms with E-state index in [4.69, 9.17) is 29.4 Å². The Balaban J connectivity index is 3.06. The third-order valence-corrected chi connectivity index (χ3v) is 2.36. The van der Waals surface area contributed by atoms with Crippen LogP contribution in [0, 0.1) is 0 Å². The molecule has 0 saturated carbocycles. The Kier molecular flexibility index (Phi) is 16.7. The molecule has 0 aromatic heterocycles. The van der Waals surface area contributed by atoms with Crippen molar-refractivity contribution in [1.82, 2.24) is 0 Å². The predicted octanol–water partition coefficient (Wildman–Crippen LogP) is 0.355. The molecule has 7 heteroatoms. The number of carbonyl (C=O) groups excluding carboxylic acids is 1. The third kappa shape index (κ3) is 17.2. The molecule has 7 nitrogen and oxygen atoms in total. The molecule has 0 fully saturated rings. The van der Waals surface area contributed by atoms with Crippen LogP contribution in [0.5, 0.6) is 0 Å². The van der Waals surface area contributed by atoms with E-state index >= 15 is 0 Å². The van der Waals surface area contributed by atoms with Gasteiger partial charge in [-0.05, 0) is 6.42 Å². The van der Waals surface area contributed by atoms with Crippen molar-refractivity contribution in [2.45, 2.75) is 19.8 Å². The number of rotatable bonds is 16. The molecule has 0 amide bonds. The first-order chi connectivity index (χ1) is 10.3. The molecule has 126 valence electrons. The zero-order valence-electron chi connectivity index (χ0n) is 13.0. The van der Waals surface area contributed by atoms with Gasteiger partial charge in [0, 0.05) is 6.54 Å². The van der Waals surface area contributed by atoms with Gasteiger partial charge in [-0.3, -0.25) is 0 Å². The van der Waals surface area contributed by atoms with Gasteiger partial charge in [0.05, 0.1) is 52.9 Å². The molecule has 0 aromatic carbocycles. The quantitative estimate of drug-likeness (QED) is 0.325. The second-order valence-corrected chi connectivity index (χ2v) is 4.25. The maximum atomic E-state index is 11.2. The Morgan fingerprint density at radius 2 is 1.33 bits per heavy atom. The van der Waals surface area contributed by atoms with Crippen molar-refractivity contribution in [3.05, 3.63) is 0 Å². The maximum Gasteiger partial charge on any atom is 0.332 e. The van der Waals surface area contributed by atoms with Gasteiger partial charge in [-0.15, -0.1) is 0 Å². The molecule has 0 aromatic rings. The minimum Gasteiger partial charge on any atom is -0.464 e. The van der Waals surface area contributed by atoms with Crippen LogP contribution >= 0.6 is 0 Å². The van der Waals surface area contributed by atoms with E-state index in [0.29, 0.717) is 59.4 Å². The summed E-state index contributed by atoms with van der Waals surface area (Å²) in [6.45, 7) is 6.41. The largest absolute Gasteiger partial charge is 0.464 e. The molecular formula is C14H29NO6. The van der Waals surface area contributed by atoms with E-state index in [2.05, 4.69) is 0 Å². The van der Waals surface area contributed by atoms with Gasteiger partial charge < -0.3 is 29.4 Å². The Morgan fingerprint density at radius 3 is 1.86 bits per heavy atom. The molecule has 0 atom stereocenters. The summed E-state index contributed by atoms with van der Waals surface area (Å²) < 4.78 is 25.8. The third-order valence-electron chi connectivity index (χ3n) is 2.36. The smallest absolute Gasteiger partial charge is 0.332 e. The van der Waals surface area contributed by atoms with Gasteiger partial charge in [-0.1, -0.05) is 13.3 Å². The number of unbranched alkanes of at least 4 members (excludes halogenated alkanes) is 1. The van der Waals surface area contributed by atoms with E-state index in [1.807, 2.05) is 6.92 Å². The topological polar surface area (TPSA) is 89.2 Å². The second kappa shape index (κ2) is 17.3. The molecule has 0 bridgehead atoms. The highest BCUT2D eigenvalue weighted by Gasteiger charge is 2.01. The average Bonchev–Trinajstić information content (AvgIpc) is 2.48. The molecule has 2 N–H and O–H groups in total. The minimum atomic E-state index is -0.329. The molecule has 0 aliphatic heterocycles. The number of nitrogens with two attached hydrogens (primary N) is 1. The summed E-state index contributed by atoms with van der Waals surface area (Å²) >= 11 is 0. The monoisotopic (exact) mass is 307 g/mol. The van der Waals surface area contributed by atoms with Crippen LogP contribution in [0.1, 0.15) is 19.8 Å². The fourth-order valence-corrected chi connectivity index (χ4v) is 1.27. The van der Waals surface area contributed by atoms with Gasteiger partial charge in [-0.25, -0.2) is 4.79 Å². The second-order valence-electron chi connectivity index (χ2n) is 4.25. The number of ether oxygens (including phenoxy) is 5. The highest BCUT2D eigenvalue weighted by atomic mass is 16.6. The fraction of sp³-hybridized carbons (Fsp3) is 0.929. The summed E-state index contributed by atoms with van der Waals surface area (Å²) in [6.07, 6.45) is 1.88. The molecule has 0 aliphatic carbocycles. The van der Waals surface area contributed by atoms with E-state index in [1.165, 1.54) is 0 Å². The SMILES string of the molecule is CCCCOC(=O)COCCOCCOCCOCCN. The maximum absolute atomic E-state index is 11.2. The van der Waals surface area contributed by atoms with Crippen LogP contribution in [0.15, 0.2) is 0 Å². The highest BCUT2D eigenvalue weighted by molar-refractivity contribution is 5.70. The molecule has 0 unspecified atom stereocenters. The van der Waals surface area contributed by atoms with Gasteiger partial charge in [-0.2, -0.15) is 0 Å². The average molecular weight is 307 g/mol. The van der Waals surface area contributed by atoms with Gasteiger partial charge in [0.2, 0.25) is 0 Å². The van der Waals surface area contributed by atoms with Crippen molar-refractivity contribution in [3.63, 3.8) is 0 Å². The van der Waals surface area contributed by atoms with E-state index in [9.17, 15) is 4.79 Å². The molecule has 0 heterocycles. The lowest BCUT2D eigenvalue weighted by molar-refractivity contribution is -0.149. The number of hydrogen-bond donors (Lipinski definition) is 1. The predicted molar refractivity (Wildman–Crippen MR) is 78.2 cm³/mol. The number of esters is 1.